The van der Waals surface area contributed by atoms with Gasteiger partial charge in [0, 0.05) is 62.9 Å². The summed E-state index contributed by atoms with van der Waals surface area (Å²) in [5, 5.41) is 2.29. The summed E-state index contributed by atoms with van der Waals surface area (Å²) >= 11 is 0. The normalized spacial score (nSPS) is 26.9. The van der Waals surface area contributed by atoms with Gasteiger partial charge in [-0.2, -0.15) is 0 Å². The van der Waals surface area contributed by atoms with Crippen LogP contribution in [-0.4, -0.2) is 27.4 Å². The number of H-pyrrole nitrogens is 2. The predicted octanol–water partition coefficient (Wildman–Crippen LogP) is 7.54. The van der Waals surface area contributed by atoms with E-state index in [1.165, 1.54) is 39.2 Å². The number of fused-ring (bicyclic) bond motifs is 6. The van der Waals surface area contributed by atoms with Gasteiger partial charge < -0.3 is 9.97 Å². The number of hydrogen-bond donors (Lipinski definition) is 2. The van der Waals surface area contributed by atoms with Crippen LogP contribution >= 0.6 is 0 Å². The smallest absolute Gasteiger partial charge is 0.0590 e. The fraction of sp³-hybridized carbons (Fsp3) is 0.405. The Hall–Kier alpha value is -3.66. The van der Waals surface area contributed by atoms with Crippen molar-refractivity contribution in [2.75, 3.05) is 0 Å². The quantitative estimate of drug-likeness (QED) is 0.321. The van der Waals surface area contributed by atoms with Gasteiger partial charge in [0.25, 0.3) is 0 Å². The van der Waals surface area contributed by atoms with Crippen LogP contribution in [0.4, 0.5) is 0 Å². The van der Waals surface area contributed by atoms with Crippen LogP contribution in [0.3, 0.4) is 0 Å². The highest BCUT2D eigenvalue weighted by Crippen LogP contribution is 2.42. The number of allylic oxidation sites excluding steroid dienone is 6. The summed E-state index contributed by atoms with van der Waals surface area (Å²) in [7, 11) is 0. The molecule has 5 rings (SSSR count). The van der Waals surface area contributed by atoms with Crippen molar-refractivity contribution in [2.45, 2.75) is 79.2 Å². The van der Waals surface area contributed by atoms with E-state index in [1.54, 1.807) is 0 Å². The molecule has 3 aliphatic heterocycles. The Bertz CT molecular complexity index is 1630. The molecule has 214 valence electrons. The van der Waals surface area contributed by atoms with Crippen molar-refractivity contribution in [3.63, 3.8) is 0 Å². The summed E-state index contributed by atoms with van der Waals surface area (Å²) in [6.45, 7) is 27.9. The van der Waals surface area contributed by atoms with Gasteiger partial charge in [0.1, 0.15) is 0 Å². The Morgan fingerprint density at radius 2 is 1.83 bits per heavy atom. The lowest BCUT2D eigenvalue weighted by Crippen LogP contribution is -2.22. The second kappa shape index (κ2) is 11.7. The van der Waals surface area contributed by atoms with Crippen LogP contribution < -0.4 is 10.7 Å². The molecule has 5 heterocycles. The molecule has 0 amide bonds. The lowest BCUT2D eigenvalue weighted by molar-refractivity contribution is 0.461. The van der Waals surface area contributed by atoms with E-state index >= 15 is 0 Å². The molecule has 0 fully saturated rings. The largest absolute Gasteiger partial charge is 0.355 e. The monoisotopic (exact) mass is 546 g/mol. The molecule has 8 bridgehead atoms. The molecule has 4 unspecified atom stereocenters. The number of aromatic nitrogens is 2. The van der Waals surface area contributed by atoms with Crippen LogP contribution in [0.25, 0.3) is 23.3 Å². The van der Waals surface area contributed by atoms with Crippen LogP contribution in [0.15, 0.2) is 60.2 Å². The van der Waals surface area contributed by atoms with Crippen LogP contribution in [0, 0.1) is 31.6 Å². The summed E-state index contributed by atoms with van der Waals surface area (Å²) in [4.78, 5) is 18.3. The van der Waals surface area contributed by atoms with E-state index in [0.717, 1.165) is 71.9 Å². The first-order valence-corrected chi connectivity index (χ1v) is 15.2. The molecule has 0 aliphatic carbocycles. The van der Waals surface area contributed by atoms with Crippen molar-refractivity contribution < 1.29 is 0 Å². The van der Waals surface area contributed by atoms with E-state index < -0.39 is 0 Å². The van der Waals surface area contributed by atoms with Gasteiger partial charge in [-0.25, -0.2) is 0 Å². The van der Waals surface area contributed by atoms with Gasteiger partial charge in [0.15, 0.2) is 0 Å². The third kappa shape index (κ3) is 5.14. The molecule has 2 aromatic rings. The summed E-state index contributed by atoms with van der Waals surface area (Å²) in [5.74, 6) is 0.954. The van der Waals surface area contributed by atoms with Gasteiger partial charge in [-0.15, -0.1) is 19.7 Å². The van der Waals surface area contributed by atoms with Crippen molar-refractivity contribution in [3.8, 4) is 0 Å². The molecule has 41 heavy (non-hydrogen) atoms. The van der Waals surface area contributed by atoms with E-state index in [9.17, 15) is 0 Å². The molecule has 4 nitrogen and oxygen atoms in total. The molecule has 3 aliphatic rings. The van der Waals surface area contributed by atoms with E-state index in [1.807, 2.05) is 12.2 Å². The third-order valence-electron chi connectivity index (χ3n) is 9.46. The van der Waals surface area contributed by atoms with E-state index in [2.05, 4.69) is 89.1 Å². The first kappa shape index (κ1) is 28.9. The third-order valence-corrected chi connectivity index (χ3v) is 9.46. The summed E-state index contributed by atoms with van der Waals surface area (Å²) < 4.78 is 0. The van der Waals surface area contributed by atoms with Gasteiger partial charge in [-0.1, -0.05) is 38.7 Å². The van der Waals surface area contributed by atoms with Crippen molar-refractivity contribution in [1.82, 2.24) is 9.97 Å². The Labute approximate surface area is 245 Å². The summed E-state index contributed by atoms with van der Waals surface area (Å²) in [6, 6.07) is 0.190. The zero-order chi connectivity index (χ0) is 29.4. The minimum atomic E-state index is 0.190. The molecule has 0 saturated heterocycles. The average Bonchev–Trinajstić information content (AvgIpc) is 3.65. The summed E-state index contributed by atoms with van der Waals surface area (Å²) in [6.07, 6.45) is 16.2. The molecule has 2 aromatic heterocycles. The van der Waals surface area contributed by atoms with E-state index in [4.69, 9.17) is 9.98 Å². The maximum atomic E-state index is 5.41. The van der Waals surface area contributed by atoms with Gasteiger partial charge in [-0.05, 0) is 93.2 Å². The van der Waals surface area contributed by atoms with Gasteiger partial charge in [0.2, 0.25) is 0 Å². The predicted molar refractivity (Wildman–Crippen MR) is 178 cm³/mol. The number of hydrogen-bond acceptors (Lipinski definition) is 2. The van der Waals surface area contributed by atoms with Gasteiger partial charge in [-0.3, -0.25) is 9.98 Å². The highest BCUT2D eigenvalue weighted by molar-refractivity contribution is 6.13. The first-order chi connectivity index (χ1) is 19.7. The van der Waals surface area contributed by atoms with E-state index in [-0.39, 0.29) is 12.0 Å². The molecule has 4 heteroatoms. The highest BCUT2D eigenvalue weighted by atomic mass is 14.9. The topological polar surface area (TPSA) is 56.3 Å². The molecule has 2 N–H and O–H groups in total. The fourth-order valence-corrected chi connectivity index (χ4v) is 7.23. The minimum absolute atomic E-state index is 0.190. The van der Waals surface area contributed by atoms with Crippen LogP contribution in [0.1, 0.15) is 86.5 Å². The van der Waals surface area contributed by atoms with E-state index in [0.29, 0.717) is 11.8 Å². The number of nitrogens with zero attached hydrogens (tertiary/aromatic N) is 2. The molecule has 0 radical (unpaired) electrons. The lowest BCUT2D eigenvalue weighted by atomic mass is 9.85. The minimum Gasteiger partial charge on any atom is -0.355 e. The number of rotatable bonds is 8. The zero-order valence-corrected chi connectivity index (χ0v) is 25.7. The fourth-order valence-electron chi connectivity index (χ4n) is 7.23. The van der Waals surface area contributed by atoms with Crippen LogP contribution in [0.5, 0.6) is 0 Å². The zero-order valence-electron chi connectivity index (χ0n) is 25.7. The lowest BCUT2D eigenvalue weighted by Gasteiger charge is -2.18. The summed E-state index contributed by atoms with van der Waals surface area (Å²) in [5.41, 5.74) is 13.1. The molecule has 0 spiro atoms. The van der Waals surface area contributed by atoms with Crippen molar-refractivity contribution in [3.05, 3.63) is 94.6 Å². The Balaban J connectivity index is 1.85. The Kier molecular flexibility index (Phi) is 8.22. The number of nitrogens with one attached hydrogen (secondary N) is 2. The van der Waals surface area contributed by atoms with Crippen molar-refractivity contribution >= 4 is 34.7 Å². The molecular formula is C37H46N4. The van der Waals surface area contributed by atoms with Gasteiger partial charge >= 0.3 is 0 Å². The van der Waals surface area contributed by atoms with Crippen LogP contribution in [0.2, 0.25) is 0 Å². The SMILES string of the molecule is C=CCCC1CC2=N/C1=C(/CC=C)c1[nH]c(c(C)c1C(=C)C)/C=c1\[nH]/c(c(C)c1CC)=C\C1=NC(C2)C(C)C1C=C. The Morgan fingerprint density at radius 1 is 1.05 bits per heavy atom. The number of aliphatic imine (C=N–C) groups is 2. The Morgan fingerprint density at radius 3 is 2.49 bits per heavy atom. The molecular weight excluding hydrogens is 500 g/mol. The first-order valence-electron chi connectivity index (χ1n) is 15.2. The van der Waals surface area contributed by atoms with Crippen LogP contribution in [-0.2, 0) is 6.42 Å². The standard InChI is InChI=1S/C37H46N4/c1-10-14-16-25-17-26-18-30-22(7)27(12-3)33(39-30)19-31-23(8)28(13-4)34(40-31)20-32-24(9)35(21(5)6)37(41-32)29(15-11-2)36(25)38-26/h10-12,19-20,22,25,27,30,40-41H,1-3,5,13-18H2,4,6-9H3/b31-19-,34-20-,36-29-. The second-order valence-electron chi connectivity index (χ2n) is 12.1. The maximum Gasteiger partial charge on any atom is 0.0590 e. The van der Waals surface area contributed by atoms with Crippen molar-refractivity contribution in [1.29, 1.82) is 0 Å². The highest BCUT2D eigenvalue weighted by Gasteiger charge is 2.36. The maximum absolute atomic E-state index is 5.41. The average molecular weight is 547 g/mol. The number of aromatic amines is 2. The molecule has 0 aromatic carbocycles. The second-order valence-corrected chi connectivity index (χ2v) is 12.1. The molecule has 4 atom stereocenters. The van der Waals surface area contributed by atoms with Gasteiger partial charge in [0.05, 0.1) is 11.7 Å². The molecule has 0 saturated carbocycles. The van der Waals surface area contributed by atoms with Crippen molar-refractivity contribution in [2.24, 2.45) is 27.7 Å².